The molecule has 0 saturated carbocycles. The molecule has 8 aromatic rings. The largest absolute Gasteiger partial charge is 0.456 e. The second kappa shape index (κ2) is 9.46. The monoisotopic (exact) mass is 552 g/mol. The van der Waals surface area contributed by atoms with Crippen molar-refractivity contribution in [3.05, 3.63) is 132 Å². The Labute approximate surface area is 245 Å². The van der Waals surface area contributed by atoms with Crippen molar-refractivity contribution >= 4 is 53.4 Å². The van der Waals surface area contributed by atoms with Crippen LogP contribution < -0.4 is 0 Å². The molecule has 4 heteroatoms. The molecule has 3 nitrogen and oxygen atoms in total. The average Bonchev–Trinajstić information content (AvgIpc) is 3.61. The van der Waals surface area contributed by atoms with E-state index in [-0.39, 0.29) is 0 Å². The molecule has 0 bridgehead atoms. The maximum absolute atomic E-state index is 10.1. The van der Waals surface area contributed by atoms with E-state index in [1.807, 2.05) is 30.3 Å². The topological polar surface area (TPSA) is 60.7 Å². The van der Waals surface area contributed by atoms with Crippen molar-refractivity contribution in [2.45, 2.75) is 0 Å². The summed E-state index contributed by atoms with van der Waals surface area (Å²) in [6.07, 6.45) is 0. The Morgan fingerprint density at radius 2 is 1.12 bits per heavy atom. The number of hydrogen-bond donors (Lipinski definition) is 0. The third-order valence-corrected chi connectivity index (χ3v) is 9.14. The van der Waals surface area contributed by atoms with Gasteiger partial charge in [-0.2, -0.15) is 10.5 Å². The van der Waals surface area contributed by atoms with Crippen molar-refractivity contribution < 1.29 is 4.42 Å². The maximum Gasteiger partial charge on any atom is 0.135 e. The summed E-state index contributed by atoms with van der Waals surface area (Å²) in [5.74, 6) is 0. The lowest BCUT2D eigenvalue weighted by Gasteiger charge is -2.16. The lowest BCUT2D eigenvalue weighted by molar-refractivity contribution is 0.669. The molecule has 0 saturated heterocycles. The summed E-state index contributed by atoms with van der Waals surface area (Å²) < 4.78 is 8.60. The van der Waals surface area contributed by atoms with Crippen LogP contribution in [-0.2, 0) is 0 Å². The minimum Gasteiger partial charge on any atom is -0.456 e. The number of para-hydroxylation sites is 1. The Morgan fingerprint density at radius 3 is 1.95 bits per heavy atom. The molecule has 0 spiro atoms. The number of fused-ring (bicyclic) bond motifs is 6. The minimum absolute atomic E-state index is 0.474. The lowest BCUT2D eigenvalue weighted by atomic mass is 9.86. The fourth-order valence-corrected chi connectivity index (χ4v) is 7.10. The van der Waals surface area contributed by atoms with E-state index in [0.717, 1.165) is 49.8 Å². The zero-order valence-corrected chi connectivity index (χ0v) is 23.1. The van der Waals surface area contributed by atoms with Gasteiger partial charge < -0.3 is 4.42 Å². The third-order valence-electron chi connectivity index (χ3n) is 7.99. The van der Waals surface area contributed by atoms with Gasteiger partial charge in [-0.15, -0.1) is 11.3 Å². The number of rotatable bonds is 3. The predicted molar refractivity (Wildman–Crippen MR) is 172 cm³/mol. The number of nitrogens with zero attached hydrogens (tertiary/aromatic N) is 2. The highest BCUT2D eigenvalue weighted by molar-refractivity contribution is 7.25. The molecule has 42 heavy (non-hydrogen) atoms. The second-order valence-electron chi connectivity index (χ2n) is 10.3. The molecule has 6 aromatic carbocycles. The minimum atomic E-state index is 0.474. The summed E-state index contributed by atoms with van der Waals surface area (Å²) in [5.41, 5.74) is 8.17. The van der Waals surface area contributed by atoms with Crippen LogP contribution in [0.4, 0.5) is 0 Å². The van der Waals surface area contributed by atoms with Crippen LogP contribution in [0.5, 0.6) is 0 Å². The van der Waals surface area contributed by atoms with Gasteiger partial charge in [0.15, 0.2) is 0 Å². The highest BCUT2D eigenvalue weighted by Crippen LogP contribution is 2.42. The van der Waals surface area contributed by atoms with Crippen molar-refractivity contribution in [1.29, 1.82) is 10.5 Å². The van der Waals surface area contributed by atoms with Gasteiger partial charge in [-0.05, 0) is 82.4 Å². The maximum atomic E-state index is 10.1. The Morgan fingerprint density at radius 1 is 0.476 bits per heavy atom. The normalized spacial score (nSPS) is 11.3. The molecule has 8 rings (SSSR count). The van der Waals surface area contributed by atoms with E-state index in [9.17, 15) is 10.5 Å². The Kier molecular flexibility index (Phi) is 5.44. The van der Waals surface area contributed by atoms with E-state index >= 15 is 0 Å². The summed E-state index contributed by atoms with van der Waals surface area (Å²) in [6, 6.07) is 45.7. The first-order valence-electron chi connectivity index (χ1n) is 13.6. The van der Waals surface area contributed by atoms with Gasteiger partial charge in [-0.3, -0.25) is 0 Å². The Hall–Kier alpha value is -5.68. The van der Waals surface area contributed by atoms with Crippen molar-refractivity contribution in [2.75, 3.05) is 0 Å². The molecule has 0 amide bonds. The molecular formula is C38H20N2OS. The first-order valence-corrected chi connectivity index (χ1v) is 14.4. The van der Waals surface area contributed by atoms with Gasteiger partial charge in [0.2, 0.25) is 0 Å². The van der Waals surface area contributed by atoms with Crippen molar-refractivity contribution in [2.24, 2.45) is 0 Å². The summed E-state index contributed by atoms with van der Waals surface area (Å²) >= 11 is 1.80. The SMILES string of the molecule is N#Cc1cccc(C#N)c1-c1cc(-c2ccc3sc4ccccc4c3c2)ccc1-c1ccc2oc3ccccc3c2c1. The summed E-state index contributed by atoms with van der Waals surface area (Å²) in [5, 5.41) is 24.8. The summed E-state index contributed by atoms with van der Waals surface area (Å²) in [7, 11) is 0. The third kappa shape index (κ3) is 3.71. The standard InChI is InChI=1S/C38H20N2OS/c39-21-26-6-5-7-27(22-40)38(26)33-19-23(24-14-17-37-32(18-24)30-9-2-4-11-36(30)42-37)12-15-28(33)25-13-16-35-31(20-25)29-8-1-3-10-34(29)41-35/h1-20H. The zero-order valence-electron chi connectivity index (χ0n) is 22.3. The quantitative estimate of drug-likeness (QED) is 0.219. The van der Waals surface area contributed by atoms with Crippen LogP contribution >= 0.6 is 11.3 Å². The van der Waals surface area contributed by atoms with Crippen LogP contribution in [0.2, 0.25) is 0 Å². The van der Waals surface area contributed by atoms with Gasteiger partial charge in [0.25, 0.3) is 0 Å². The Bertz CT molecular complexity index is 2420. The van der Waals surface area contributed by atoms with Crippen molar-refractivity contribution in [3.8, 4) is 45.5 Å². The first-order chi connectivity index (χ1) is 20.7. The van der Waals surface area contributed by atoms with Gasteiger partial charge in [0, 0.05) is 36.5 Å². The van der Waals surface area contributed by atoms with E-state index in [4.69, 9.17) is 4.42 Å². The fraction of sp³-hybridized carbons (Fsp3) is 0. The number of furan rings is 1. The van der Waals surface area contributed by atoms with Gasteiger partial charge in [0.05, 0.1) is 23.3 Å². The van der Waals surface area contributed by atoms with E-state index in [1.165, 1.54) is 20.2 Å². The number of thiophene rings is 1. The first kappa shape index (κ1) is 24.1. The van der Waals surface area contributed by atoms with Crippen LogP contribution in [0.25, 0.3) is 75.5 Å². The van der Waals surface area contributed by atoms with Crippen LogP contribution in [0.3, 0.4) is 0 Å². The van der Waals surface area contributed by atoms with Gasteiger partial charge >= 0.3 is 0 Å². The van der Waals surface area contributed by atoms with Gasteiger partial charge in [0.1, 0.15) is 11.2 Å². The lowest BCUT2D eigenvalue weighted by Crippen LogP contribution is -1.94. The number of nitriles is 2. The molecule has 194 valence electrons. The van der Waals surface area contributed by atoms with Gasteiger partial charge in [-0.1, -0.05) is 66.7 Å². The highest BCUT2D eigenvalue weighted by Gasteiger charge is 2.18. The van der Waals surface area contributed by atoms with E-state index in [0.29, 0.717) is 16.7 Å². The number of hydrogen-bond acceptors (Lipinski definition) is 4. The van der Waals surface area contributed by atoms with E-state index in [2.05, 4.69) is 84.9 Å². The molecule has 0 atom stereocenters. The van der Waals surface area contributed by atoms with Crippen LogP contribution in [0.15, 0.2) is 126 Å². The van der Waals surface area contributed by atoms with Crippen molar-refractivity contribution in [3.63, 3.8) is 0 Å². The zero-order chi connectivity index (χ0) is 28.2. The van der Waals surface area contributed by atoms with Crippen LogP contribution in [0.1, 0.15) is 11.1 Å². The van der Waals surface area contributed by atoms with E-state index < -0.39 is 0 Å². The smallest absolute Gasteiger partial charge is 0.135 e. The summed E-state index contributed by atoms with van der Waals surface area (Å²) in [4.78, 5) is 0. The van der Waals surface area contributed by atoms with Crippen LogP contribution in [-0.4, -0.2) is 0 Å². The fourth-order valence-electron chi connectivity index (χ4n) is 6.01. The molecular weight excluding hydrogens is 532 g/mol. The molecule has 0 aliphatic rings. The molecule has 0 aliphatic carbocycles. The van der Waals surface area contributed by atoms with Crippen molar-refractivity contribution in [1.82, 2.24) is 0 Å². The van der Waals surface area contributed by atoms with Gasteiger partial charge in [-0.25, -0.2) is 0 Å². The molecule has 0 aliphatic heterocycles. The average molecular weight is 553 g/mol. The predicted octanol–water partition coefficient (Wildman–Crippen LogP) is 10.7. The molecule has 2 aromatic heterocycles. The van der Waals surface area contributed by atoms with Crippen LogP contribution in [0, 0.1) is 22.7 Å². The molecule has 0 fully saturated rings. The molecule has 2 heterocycles. The molecule has 0 radical (unpaired) electrons. The molecule has 0 N–H and O–H groups in total. The summed E-state index contributed by atoms with van der Waals surface area (Å²) in [6.45, 7) is 0. The van der Waals surface area contributed by atoms with E-state index in [1.54, 1.807) is 29.5 Å². The Balaban J connectivity index is 1.39. The number of benzene rings is 6. The second-order valence-corrected chi connectivity index (χ2v) is 11.4. The highest BCUT2D eigenvalue weighted by atomic mass is 32.1. The molecule has 0 unspecified atom stereocenters.